The lowest BCUT2D eigenvalue weighted by atomic mass is 10.1. The summed E-state index contributed by atoms with van der Waals surface area (Å²) in [6.07, 6.45) is 4.81. The van der Waals surface area contributed by atoms with E-state index >= 15 is 0 Å². The van der Waals surface area contributed by atoms with E-state index in [1.165, 1.54) is 0 Å². The minimum Gasteiger partial charge on any atom is -0.497 e. The molecular weight excluding hydrogens is 404 g/mol. The molecule has 6 nitrogen and oxygen atoms in total. The minimum absolute atomic E-state index is 0.0917. The Labute approximate surface area is 190 Å². The molecule has 0 heterocycles. The van der Waals surface area contributed by atoms with Gasteiger partial charge in [-0.3, -0.25) is 9.59 Å². The first-order chi connectivity index (χ1) is 15.5. The molecule has 1 saturated carbocycles. The average Bonchev–Trinajstić information content (AvgIpc) is 3.31. The van der Waals surface area contributed by atoms with E-state index in [2.05, 4.69) is 5.32 Å². The largest absolute Gasteiger partial charge is 0.497 e. The highest BCUT2D eigenvalue weighted by Crippen LogP contribution is 2.21. The van der Waals surface area contributed by atoms with Crippen molar-refractivity contribution in [2.24, 2.45) is 0 Å². The Morgan fingerprint density at radius 1 is 1.09 bits per heavy atom. The Kier molecular flexibility index (Phi) is 8.54. The summed E-state index contributed by atoms with van der Waals surface area (Å²) in [6.45, 7) is 4.12. The van der Waals surface area contributed by atoms with Crippen LogP contribution in [0.4, 0.5) is 0 Å². The molecule has 3 rings (SSSR count). The van der Waals surface area contributed by atoms with E-state index in [1.807, 2.05) is 62.4 Å². The van der Waals surface area contributed by atoms with Crippen molar-refractivity contribution in [2.45, 2.75) is 64.6 Å². The van der Waals surface area contributed by atoms with Gasteiger partial charge in [0.2, 0.25) is 5.91 Å². The van der Waals surface area contributed by atoms with Crippen LogP contribution in [0.3, 0.4) is 0 Å². The zero-order valence-electron chi connectivity index (χ0n) is 19.3. The van der Waals surface area contributed by atoms with Crippen LogP contribution >= 0.6 is 0 Å². The maximum Gasteiger partial charge on any atom is 0.261 e. The quantitative estimate of drug-likeness (QED) is 0.602. The third kappa shape index (κ3) is 6.49. The number of nitrogens with zero attached hydrogens (tertiary/aromatic N) is 1. The molecule has 32 heavy (non-hydrogen) atoms. The second-order valence-corrected chi connectivity index (χ2v) is 8.39. The van der Waals surface area contributed by atoms with Crippen molar-refractivity contribution in [1.29, 1.82) is 0 Å². The predicted molar refractivity (Wildman–Crippen MR) is 125 cm³/mol. The highest BCUT2D eigenvalue weighted by Gasteiger charge is 2.30. The first-order valence-electron chi connectivity index (χ1n) is 11.4. The second-order valence-electron chi connectivity index (χ2n) is 8.39. The number of amides is 2. The number of methoxy groups -OCH3 is 1. The van der Waals surface area contributed by atoms with Crippen molar-refractivity contribution >= 4 is 11.8 Å². The van der Waals surface area contributed by atoms with Gasteiger partial charge in [-0.2, -0.15) is 0 Å². The highest BCUT2D eigenvalue weighted by atomic mass is 16.5. The molecule has 0 unspecified atom stereocenters. The fourth-order valence-electron chi connectivity index (χ4n) is 4.12. The number of ether oxygens (including phenoxy) is 2. The van der Waals surface area contributed by atoms with Crippen LogP contribution in [0.15, 0.2) is 48.5 Å². The molecule has 2 amide bonds. The maximum atomic E-state index is 13.3. The first-order valence-corrected chi connectivity index (χ1v) is 11.4. The first kappa shape index (κ1) is 23.6. The summed E-state index contributed by atoms with van der Waals surface area (Å²) in [5.41, 5.74) is 2.03. The molecular formula is C26H34N2O4. The summed E-state index contributed by atoms with van der Waals surface area (Å²) in [5, 5.41) is 3.16. The van der Waals surface area contributed by atoms with Gasteiger partial charge in [-0.1, -0.05) is 49.6 Å². The van der Waals surface area contributed by atoms with Crippen molar-refractivity contribution in [1.82, 2.24) is 10.2 Å². The summed E-state index contributed by atoms with van der Waals surface area (Å²) in [6, 6.07) is 14.8. The van der Waals surface area contributed by atoms with Gasteiger partial charge in [0.25, 0.3) is 5.91 Å². The number of nitrogens with one attached hydrogen (secondary N) is 1. The molecule has 1 aliphatic carbocycles. The Balaban J connectivity index is 1.76. The lowest BCUT2D eigenvalue weighted by Crippen LogP contribution is -2.52. The predicted octanol–water partition coefficient (Wildman–Crippen LogP) is 4.25. The highest BCUT2D eigenvalue weighted by molar-refractivity contribution is 5.88. The van der Waals surface area contributed by atoms with Gasteiger partial charge in [0.1, 0.15) is 17.5 Å². The number of carbonyl (C=O) groups is 2. The normalized spacial score (nSPS) is 14.6. The Morgan fingerprint density at radius 2 is 1.81 bits per heavy atom. The molecule has 0 radical (unpaired) electrons. The van der Waals surface area contributed by atoms with Gasteiger partial charge in [-0.25, -0.2) is 0 Å². The molecule has 0 aliphatic heterocycles. The molecule has 0 bridgehead atoms. The van der Waals surface area contributed by atoms with Crippen LogP contribution in [0.2, 0.25) is 0 Å². The zero-order chi connectivity index (χ0) is 22.9. The number of hydrogen-bond donors (Lipinski definition) is 1. The summed E-state index contributed by atoms with van der Waals surface area (Å²) >= 11 is 0. The number of hydrogen-bond acceptors (Lipinski definition) is 4. The topological polar surface area (TPSA) is 67.9 Å². The van der Waals surface area contributed by atoms with Gasteiger partial charge < -0.3 is 19.7 Å². The third-order valence-electron chi connectivity index (χ3n) is 5.96. The van der Waals surface area contributed by atoms with E-state index in [4.69, 9.17) is 9.47 Å². The average molecular weight is 439 g/mol. The summed E-state index contributed by atoms with van der Waals surface area (Å²) in [4.78, 5) is 28.0. The standard InChI is InChI=1S/C26H34N2O4/c1-4-24(26(30)27-21-9-5-6-10-21)28(17-20-8-7-11-23(16-20)31-3)25(29)18-32-22-14-12-19(2)13-15-22/h7-8,11-16,21,24H,4-6,9-10,17-18H2,1-3H3,(H,27,30)/t24-/m1/s1. The van der Waals surface area contributed by atoms with Crippen LogP contribution in [0.1, 0.15) is 50.2 Å². The number of benzene rings is 2. The van der Waals surface area contributed by atoms with Crippen LogP contribution < -0.4 is 14.8 Å². The van der Waals surface area contributed by atoms with Crippen LogP contribution in [0, 0.1) is 6.92 Å². The molecule has 1 N–H and O–H groups in total. The van der Waals surface area contributed by atoms with E-state index in [-0.39, 0.29) is 24.5 Å². The zero-order valence-corrected chi connectivity index (χ0v) is 19.3. The molecule has 1 fully saturated rings. The van der Waals surface area contributed by atoms with Gasteiger partial charge in [0.15, 0.2) is 6.61 Å². The number of aryl methyl sites for hydroxylation is 1. The molecule has 6 heteroatoms. The van der Waals surface area contributed by atoms with E-state index in [0.29, 0.717) is 24.5 Å². The Bertz CT molecular complexity index is 891. The lowest BCUT2D eigenvalue weighted by molar-refractivity contribution is -0.143. The van der Waals surface area contributed by atoms with Crippen molar-refractivity contribution in [3.8, 4) is 11.5 Å². The third-order valence-corrected chi connectivity index (χ3v) is 5.96. The van der Waals surface area contributed by atoms with E-state index < -0.39 is 6.04 Å². The molecule has 2 aromatic carbocycles. The van der Waals surface area contributed by atoms with Gasteiger partial charge in [0.05, 0.1) is 7.11 Å². The van der Waals surface area contributed by atoms with Gasteiger partial charge >= 0.3 is 0 Å². The Hall–Kier alpha value is -3.02. The lowest BCUT2D eigenvalue weighted by Gasteiger charge is -2.31. The molecule has 1 atom stereocenters. The number of rotatable bonds is 10. The van der Waals surface area contributed by atoms with Gasteiger partial charge in [-0.05, 0) is 56.0 Å². The minimum atomic E-state index is -0.559. The summed E-state index contributed by atoms with van der Waals surface area (Å²) in [7, 11) is 1.61. The van der Waals surface area contributed by atoms with E-state index in [1.54, 1.807) is 12.0 Å². The molecule has 0 aromatic heterocycles. The van der Waals surface area contributed by atoms with Crippen LogP contribution in [0.25, 0.3) is 0 Å². The maximum absolute atomic E-state index is 13.3. The van der Waals surface area contributed by atoms with Crippen LogP contribution in [0.5, 0.6) is 11.5 Å². The van der Waals surface area contributed by atoms with Crippen molar-refractivity contribution in [2.75, 3.05) is 13.7 Å². The molecule has 0 spiro atoms. The SMILES string of the molecule is CC[C@H](C(=O)NC1CCCC1)N(Cc1cccc(OC)c1)C(=O)COc1ccc(C)cc1. The smallest absolute Gasteiger partial charge is 0.261 e. The fraction of sp³-hybridized carbons (Fsp3) is 0.462. The number of carbonyl (C=O) groups excluding carboxylic acids is 2. The van der Waals surface area contributed by atoms with Gasteiger partial charge in [0, 0.05) is 12.6 Å². The van der Waals surface area contributed by atoms with Crippen molar-refractivity contribution in [3.05, 3.63) is 59.7 Å². The Morgan fingerprint density at radius 3 is 2.47 bits per heavy atom. The van der Waals surface area contributed by atoms with Crippen molar-refractivity contribution in [3.63, 3.8) is 0 Å². The van der Waals surface area contributed by atoms with Crippen molar-refractivity contribution < 1.29 is 19.1 Å². The monoisotopic (exact) mass is 438 g/mol. The molecule has 1 aliphatic rings. The van der Waals surface area contributed by atoms with E-state index in [9.17, 15) is 9.59 Å². The summed E-state index contributed by atoms with van der Waals surface area (Å²) in [5.74, 6) is 1.04. The second kappa shape index (κ2) is 11.6. The molecule has 2 aromatic rings. The van der Waals surface area contributed by atoms with Gasteiger partial charge in [-0.15, -0.1) is 0 Å². The fourth-order valence-corrected chi connectivity index (χ4v) is 4.12. The molecule has 172 valence electrons. The summed E-state index contributed by atoms with van der Waals surface area (Å²) < 4.78 is 11.1. The molecule has 0 saturated heterocycles. The van der Waals surface area contributed by atoms with E-state index in [0.717, 1.165) is 36.8 Å². The van der Waals surface area contributed by atoms with Crippen LogP contribution in [-0.4, -0.2) is 42.5 Å². The van der Waals surface area contributed by atoms with Crippen LogP contribution in [-0.2, 0) is 16.1 Å².